The van der Waals surface area contributed by atoms with E-state index >= 15 is 0 Å². The van der Waals surface area contributed by atoms with Crippen LogP contribution in [0.25, 0.3) is 0 Å². The van der Waals surface area contributed by atoms with Crippen LogP contribution in [0.1, 0.15) is 52.9 Å². The molecule has 0 bridgehead atoms. The molecule has 0 radical (unpaired) electrons. The molecule has 1 N–H and O–H groups in total. The zero-order chi connectivity index (χ0) is 11.0. The van der Waals surface area contributed by atoms with E-state index in [2.05, 4.69) is 18.9 Å². The Bertz CT molecular complexity index is 129. The lowest BCUT2D eigenvalue weighted by Crippen LogP contribution is -2.36. The third kappa shape index (κ3) is 10.0. The average molecular weight is 201 g/mol. The lowest BCUT2D eigenvalue weighted by Gasteiger charge is -2.25. The van der Waals surface area contributed by atoms with Crippen molar-refractivity contribution in [3.05, 3.63) is 0 Å². The molecule has 0 heterocycles. The molecule has 0 spiro atoms. The summed E-state index contributed by atoms with van der Waals surface area (Å²) in [5.41, 5.74) is -0.557. The van der Waals surface area contributed by atoms with Gasteiger partial charge in [0, 0.05) is 6.54 Å². The van der Waals surface area contributed by atoms with Crippen LogP contribution in [0, 0.1) is 0 Å². The fraction of sp³-hybridized carbons (Fsp3) is 1.00. The number of nitrogens with zero attached hydrogens (tertiary/aromatic N) is 1. The summed E-state index contributed by atoms with van der Waals surface area (Å²) in [5, 5.41) is 9.59. The maximum atomic E-state index is 9.59. The summed E-state index contributed by atoms with van der Waals surface area (Å²) >= 11 is 0. The Kier molecular flexibility index (Phi) is 7.20. The van der Waals surface area contributed by atoms with Gasteiger partial charge in [0.05, 0.1) is 5.60 Å². The summed E-state index contributed by atoms with van der Waals surface area (Å²) in [5.74, 6) is 0. The zero-order valence-electron chi connectivity index (χ0n) is 10.3. The van der Waals surface area contributed by atoms with Gasteiger partial charge in [0.1, 0.15) is 0 Å². The van der Waals surface area contributed by atoms with Gasteiger partial charge in [-0.15, -0.1) is 0 Å². The van der Waals surface area contributed by atoms with E-state index in [0.717, 1.165) is 13.1 Å². The average Bonchev–Trinajstić information content (AvgIpc) is 2.00. The lowest BCUT2D eigenvalue weighted by molar-refractivity contribution is 0.0442. The Morgan fingerprint density at radius 3 is 2.14 bits per heavy atom. The standard InChI is InChI=1S/C12H27NO/c1-5-6-7-8-9-10-13(4)11-12(2,3)14/h14H,5-11H2,1-4H3. The van der Waals surface area contributed by atoms with Crippen molar-refractivity contribution in [1.29, 1.82) is 0 Å². The van der Waals surface area contributed by atoms with Crippen LogP contribution in [0.4, 0.5) is 0 Å². The van der Waals surface area contributed by atoms with Gasteiger partial charge in [0.2, 0.25) is 0 Å². The van der Waals surface area contributed by atoms with Gasteiger partial charge in [-0.05, 0) is 33.9 Å². The van der Waals surface area contributed by atoms with Crippen LogP contribution in [0.3, 0.4) is 0 Å². The highest BCUT2D eigenvalue weighted by atomic mass is 16.3. The van der Waals surface area contributed by atoms with E-state index < -0.39 is 5.60 Å². The van der Waals surface area contributed by atoms with Crippen molar-refractivity contribution in [3.8, 4) is 0 Å². The number of hydrogen-bond acceptors (Lipinski definition) is 2. The second-order valence-electron chi connectivity index (χ2n) is 4.96. The summed E-state index contributed by atoms with van der Waals surface area (Å²) < 4.78 is 0. The molecule has 2 heteroatoms. The minimum Gasteiger partial charge on any atom is -0.389 e. The van der Waals surface area contributed by atoms with Crippen molar-refractivity contribution in [2.45, 2.75) is 58.5 Å². The second kappa shape index (κ2) is 7.24. The van der Waals surface area contributed by atoms with Crippen molar-refractivity contribution in [3.63, 3.8) is 0 Å². The van der Waals surface area contributed by atoms with Gasteiger partial charge in [-0.25, -0.2) is 0 Å². The number of hydrogen-bond donors (Lipinski definition) is 1. The highest BCUT2D eigenvalue weighted by Gasteiger charge is 2.14. The Morgan fingerprint density at radius 2 is 1.64 bits per heavy atom. The third-order valence-corrected chi connectivity index (χ3v) is 2.30. The van der Waals surface area contributed by atoms with E-state index in [1.165, 1.54) is 32.1 Å². The van der Waals surface area contributed by atoms with E-state index in [9.17, 15) is 5.11 Å². The first kappa shape index (κ1) is 13.9. The summed E-state index contributed by atoms with van der Waals surface area (Å²) in [7, 11) is 2.08. The summed E-state index contributed by atoms with van der Waals surface area (Å²) in [4.78, 5) is 2.21. The van der Waals surface area contributed by atoms with Crippen LogP contribution in [-0.2, 0) is 0 Å². The molecule has 0 saturated heterocycles. The topological polar surface area (TPSA) is 23.5 Å². The molecule has 0 aliphatic carbocycles. The van der Waals surface area contributed by atoms with Gasteiger partial charge in [-0.1, -0.05) is 32.6 Å². The van der Waals surface area contributed by atoms with Crippen LogP contribution in [0.2, 0.25) is 0 Å². The highest BCUT2D eigenvalue weighted by Crippen LogP contribution is 2.06. The normalized spacial score (nSPS) is 12.4. The molecule has 0 fully saturated rings. The molecule has 14 heavy (non-hydrogen) atoms. The van der Waals surface area contributed by atoms with Gasteiger partial charge >= 0.3 is 0 Å². The van der Waals surface area contributed by atoms with Gasteiger partial charge in [-0.3, -0.25) is 0 Å². The number of likely N-dealkylation sites (N-methyl/N-ethyl adjacent to an activating group) is 1. The third-order valence-electron chi connectivity index (χ3n) is 2.30. The van der Waals surface area contributed by atoms with Gasteiger partial charge in [-0.2, -0.15) is 0 Å². The predicted octanol–water partition coefficient (Wildman–Crippen LogP) is 2.66. The quantitative estimate of drug-likeness (QED) is 0.610. The monoisotopic (exact) mass is 201 g/mol. The van der Waals surface area contributed by atoms with Crippen molar-refractivity contribution < 1.29 is 5.11 Å². The van der Waals surface area contributed by atoms with Crippen molar-refractivity contribution in [2.75, 3.05) is 20.1 Å². The molecular weight excluding hydrogens is 174 g/mol. The second-order valence-corrected chi connectivity index (χ2v) is 4.96. The molecule has 86 valence electrons. The molecule has 0 aromatic rings. The van der Waals surface area contributed by atoms with Crippen LogP contribution < -0.4 is 0 Å². The van der Waals surface area contributed by atoms with Gasteiger partial charge < -0.3 is 10.0 Å². The predicted molar refractivity (Wildman–Crippen MR) is 62.6 cm³/mol. The van der Waals surface area contributed by atoms with E-state index in [-0.39, 0.29) is 0 Å². The molecule has 0 rings (SSSR count). The Balaban J connectivity index is 3.31. The van der Waals surface area contributed by atoms with Crippen LogP contribution in [-0.4, -0.2) is 35.7 Å². The minimum absolute atomic E-state index is 0.557. The number of aliphatic hydroxyl groups is 1. The van der Waals surface area contributed by atoms with E-state index in [1.54, 1.807) is 0 Å². The first-order valence-electron chi connectivity index (χ1n) is 5.86. The van der Waals surface area contributed by atoms with E-state index in [4.69, 9.17) is 0 Å². The number of unbranched alkanes of at least 4 members (excludes halogenated alkanes) is 4. The largest absolute Gasteiger partial charge is 0.389 e. The first-order valence-corrected chi connectivity index (χ1v) is 5.86. The number of rotatable bonds is 8. The Hall–Kier alpha value is -0.0800. The minimum atomic E-state index is -0.557. The molecule has 0 atom stereocenters. The lowest BCUT2D eigenvalue weighted by atomic mass is 10.1. The maximum Gasteiger partial charge on any atom is 0.0718 e. The fourth-order valence-electron chi connectivity index (χ4n) is 1.72. The van der Waals surface area contributed by atoms with Crippen molar-refractivity contribution in [1.82, 2.24) is 4.90 Å². The summed E-state index contributed by atoms with van der Waals surface area (Å²) in [6.07, 6.45) is 6.60. The van der Waals surface area contributed by atoms with Gasteiger partial charge in [0.15, 0.2) is 0 Å². The van der Waals surface area contributed by atoms with E-state index in [0.29, 0.717) is 0 Å². The molecule has 0 aliphatic rings. The Morgan fingerprint density at radius 1 is 1.07 bits per heavy atom. The SMILES string of the molecule is CCCCCCCN(C)CC(C)(C)O. The summed E-state index contributed by atoms with van der Waals surface area (Å²) in [6.45, 7) is 7.83. The smallest absolute Gasteiger partial charge is 0.0718 e. The molecular formula is C12H27NO. The molecule has 0 aliphatic heterocycles. The zero-order valence-corrected chi connectivity index (χ0v) is 10.3. The molecule has 2 nitrogen and oxygen atoms in total. The molecule has 0 saturated carbocycles. The fourth-order valence-corrected chi connectivity index (χ4v) is 1.72. The molecule has 0 amide bonds. The van der Waals surface area contributed by atoms with Crippen LogP contribution in [0.5, 0.6) is 0 Å². The van der Waals surface area contributed by atoms with E-state index in [1.807, 2.05) is 13.8 Å². The molecule has 0 unspecified atom stereocenters. The van der Waals surface area contributed by atoms with Crippen LogP contribution in [0.15, 0.2) is 0 Å². The molecule has 0 aromatic carbocycles. The van der Waals surface area contributed by atoms with Gasteiger partial charge in [0.25, 0.3) is 0 Å². The summed E-state index contributed by atoms with van der Waals surface area (Å²) in [6, 6.07) is 0. The van der Waals surface area contributed by atoms with Crippen molar-refractivity contribution in [2.24, 2.45) is 0 Å². The van der Waals surface area contributed by atoms with Crippen molar-refractivity contribution >= 4 is 0 Å². The highest BCUT2D eigenvalue weighted by molar-refractivity contribution is 4.69. The molecule has 0 aromatic heterocycles. The maximum absolute atomic E-state index is 9.59. The first-order chi connectivity index (χ1) is 6.45. The van der Waals surface area contributed by atoms with Crippen LogP contribution >= 0.6 is 0 Å². The Labute approximate surface area is 89.3 Å².